The van der Waals surface area contributed by atoms with Crippen LogP contribution >= 0.6 is 0 Å². The highest BCUT2D eigenvalue weighted by Crippen LogP contribution is 2.57. The van der Waals surface area contributed by atoms with Gasteiger partial charge in [0.2, 0.25) is 0 Å². The fourth-order valence-electron chi connectivity index (χ4n) is 23.7. The number of aromatic nitrogens is 3. The van der Waals surface area contributed by atoms with Gasteiger partial charge in [0.25, 0.3) is 0 Å². The molecule has 4 aliphatic carbocycles. The van der Waals surface area contributed by atoms with Crippen molar-refractivity contribution in [3.05, 3.63) is 439 Å². The fourth-order valence-corrected chi connectivity index (χ4v) is 23.7. The molecule has 4 aliphatic rings. The van der Waals surface area contributed by atoms with Gasteiger partial charge in [0.15, 0.2) is 0 Å². The molecular formula is C126H89N3O3. The van der Waals surface area contributed by atoms with Crippen molar-refractivity contribution in [3.8, 4) is 95.0 Å². The predicted octanol–water partition coefficient (Wildman–Crippen LogP) is 34.3. The summed E-state index contributed by atoms with van der Waals surface area (Å²) < 4.78 is 25.9. The average molecular weight is 1690 g/mol. The van der Waals surface area contributed by atoms with Gasteiger partial charge in [-0.25, -0.2) is 0 Å². The lowest BCUT2D eigenvalue weighted by Crippen LogP contribution is -2.15. The molecule has 0 unspecified atom stereocenters. The van der Waals surface area contributed by atoms with Crippen molar-refractivity contribution in [2.24, 2.45) is 0 Å². The van der Waals surface area contributed by atoms with E-state index in [-0.39, 0.29) is 21.7 Å². The van der Waals surface area contributed by atoms with Crippen LogP contribution in [0.15, 0.2) is 408 Å². The molecule has 0 saturated heterocycles. The lowest BCUT2D eigenvalue weighted by molar-refractivity contribution is 0.660. The van der Waals surface area contributed by atoms with E-state index in [1.54, 1.807) is 0 Å². The SMILES string of the molecule is CC1(C)c2cc(-c3ccc4oc5ccccc5c4c3)ccc2-c2ccc(-n3c4ccccc4c4cc5c(cc43)-c3ccccc3C5(C)C)cc21.CC1(C)c2ccccc2-c2cc3c(cc21)c1ccccc1n3-c1ccc(-c2ccc3oc4ccccc4c3c2)cc1.CC1(C)c2ccccc2-c2cc3c(cc21)c1ccccc1n3-c1ccc(-c2cccc3c2oc2ccccc23)cc1. The first-order valence-corrected chi connectivity index (χ1v) is 46.2. The van der Waals surface area contributed by atoms with Gasteiger partial charge >= 0.3 is 0 Å². The summed E-state index contributed by atoms with van der Waals surface area (Å²) in [7, 11) is 0. The van der Waals surface area contributed by atoms with E-state index in [0.29, 0.717) is 0 Å². The first-order chi connectivity index (χ1) is 64.5. The van der Waals surface area contributed by atoms with Crippen molar-refractivity contribution >= 4 is 131 Å². The van der Waals surface area contributed by atoms with Crippen LogP contribution in [-0.2, 0) is 21.7 Å². The molecule has 6 aromatic heterocycles. The van der Waals surface area contributed by atoms with E-state index in [4.69, 9.17) is 13.3 Å². The van der Waals surface area contributed by atoms with Gasteiger partial charge in [-0.15, -0.1) is 0 Å². The van der Waals surface area contributed by atoms with Gasteiger partial charge in [0.1, 0.15) is 33.5 Å². The van der Waals surface area contributed by atoms with E-state index >= 15 is 0 Å². The van der Waals surface area contributed by atoms with Crippen molar-refractivity contribution < 1.29 is 13.3 Å². The number of hydrogen-bond donors (Lipinski definition) is 0. The van der Waals surface area contributed by atoms with Crippen LogP contribution in [0.5, 0.6) is 0 Å². The number of benzene rings is 19. The summed E-state index contributed by atoms with van der Waals surface area (Å²) in [5, 5.41) is 14.7. The monoisotopic (exact) mass is 1690 g/mol. The Bertz CT molecular complexity index is 9270. The highest BCUT2D eigenvalue weighted by molar-refractivity contribution is 6.16. The van der Waals surface area contributed by atoms with Crippen LogP contribution in [0.3, 0.4) is 0 Å². The summed E-state index contributed by atoms with van der Waals surface area (Å²) in [5.41, 5.74) is 45.4. The van der Waals surface area contributed by atoms with Crippen LogP contribution in [0.1, 0.15) is 99.9 Å². The normalized spacial score (nSPS) is 14.3. The zero-order valence-corrected chi connectivity index (χ0v) is 74.6. The van der Waals surface area contributed by atoms with E-state index in [9.17, 15) is 0 Å². The van der Waals surface area contributed by atoms with Crippen molar-refractivity contribution in [2.75, 3.05) is 0 Å². The zero-order valence-electron chi connectivity index (χ0n) is 74.6. The number of fused-ring (bicyclic) bond motifs is 30. The maximum atomic E-state index is 6.34. The lowest BCUT2D eigenvalue weighted by Gasteiger charge is -2.23. The second-order valence-electron chi connectivity index (χ2n) is 38.9. The molecule has 0 bridgehead atoms. The summed E-state index contributed by atoms with van der Waals surface area (Å²) >= 11 is 0. The van der Waals surface area contributed by atoms with Gasteiger partial charge in [0.05, 0.1) is 33.1 Å². The molecule has 25 aromatic rings. The molecule has 19 aromatic carbocycles. The summed E-state index contributed by atoms with van der Waals surface area (Å²) in [4.78, 5) is 0. The molecular weight excluding hydrogens is 1600 g/mol. The molecule has 0 aliphatic heterocycles. The predicted molar refractivity (Wildman–Crippen MR) is 551 cm³/mol. The van der Waals surface area contributed by atoms with Crippen LogP contribution in [0.25, 0.3) is 226 Å². The Hall–Kier alpha value is -16.0. The second-order valence-corrected chi connectivity index (χ2v) is 38.9. The molecule has 0 radical (unpaired) electrons. The fraction of sp³-hybridized carbons (Fsp3) is 0.0952. The first kappa shape index (κ1) is 76.1. The highest BCUT2D eigenvalue weighted by atomic mass is 16.3. The molecule has 0 spiro atoms. The topological polar surface area (TPSA) is 54.2 Å². The second kappa shape index (κ2) is 27.8. The van der Waals surface area contributed by atoms with Gasteiger partial charge in [-0.3, -0.25) is 0 Å². The van der Waals surface area contributed by atoms with E-state index < -0.39 is 0 Å². The van der Waals surface area contributed by atoms with Crippen molar-refractivity contribution in [2.45, 2.75) is 77.0 Å². The third-order valence-corrected chi connectivity index (χ3v) is 30.4. The average Bonchev–Trinajstić information content (AvgIpc) is 1.55. The smallest absolute Gasteiger partial charge is 0.143 e. The van der Waals surface area contributed by atoms with Gasteiger partial charge < -0.3 is 27.0 Å². The number of hydrogen-bond acceptors (Lipinski definition) is 3. The van der Waals surface area contributed by atoms with Gasteiger partial charge in [0, 0.05) is 109 Å². The molecule has 626 valence electrons. The Balaban J connectivity index is 0.000000102. The molecule has 132 heavy (non-hydrogen) atoms. The quantitative estimate of drug-likeness (QED) is 0.167. The van der Waals surface area contributed by atoms with Crippen molar-refractivity contribution in [1.29, 1.82) is 0 Å². The summed E-state index contributed by atoms with van der Waals surface area (Å²) in [5.74, 6) is 0. The summed E-state index contributed by atoms with van der Waals surface area (Å²) in [6, 6.07) is 144. The van der Waals surface area contributed by atoms with Crippen molar-refractivity contribution in [1.82, 2.24) is 13.7 Å². The molecule has 0 atom stereocenters. The third kappa shape index (κ3) is 10.9. The minimum atomic E-state index is -0.161. The maximum Gasteiger partial charge on any atom is 0.143 e. The van der Waals surface area contributed by atoms with E-state index in [2.05, 4.69) is 427 Å². The highest BCUT2D eigenvalue weighted by Gasteiger charge is 2.41. The largest absolute Gasteiger partial charge is 0.456 e. The Kier molecular flexibility index (Phi) is 16.0. The van der Waals surface area contributed by atoms with E-state index in [1.165, 1.54) is 188 Å². The van der Waals surface area contributed by atoms with Crippen LogP contribution in [-0.4, -0.2) is 13.7 Å². The third-order valence-electron chi connectivity index (χ3n) is 30.4. The molecule has 6 nitrogen and oxygen atoms in total. The molecule has 29 rings (SSSR count). The number of furan rings is 3. The number of rotatable bonds is 6. The zero-order chi connectivity index (χ0) is 88.1. The Morgan fingerprint density at radius 3 is 0.917 bits per heavy atom. The van der Waals surface area contributed by atoms with Crippen LogP contribution in [0.2, 0.25) is 0 Å². The Morgan fingerprint density at radius 1 is 0.159 bits per heavy atom. The standard InChI is InChI=1S/C48H35NO.2C39H27NO/c1-47(2)39-14-8-5-11-31(39)36-27-44-37(26-42(36)47)34-12-6-9-15-43(34)49(44)30-19-21-33-32-20-17-29(24-40(32)48(3,4)41(33)25-30)28-18-22-46-38(23-28)35-13-7-10-16-45(35)50-46;1-39(2)33-15-6-3-10-27(33)31-23-36-32(22-34(31)39)28-11-4-7-16-35(28)40(36)25-20-18-24(19-21-25)26-13-9-14-30-29-12-5-8-17-37(29)41-38(26)30;1-39(2)33-12-6-3-9-27(33)30-23-36-31(22-34(30)39)28-10-4-7-13-35(28)40(36)26-18-15-24(16-19-26)25-17-20-38-32(21-25)29-11-5-8-14-37(29)41-38/h5-27H,1-4H3;2*3-23H,1-2H3. The minimum absolute atomic E-state index is 0.0214. The Morgan fingerprint density at radius 2 is 0.455 bits per heavy atom. The Labute approximate surface area is 763 Å². The minimum Gasteiger partial charge on any atom is -0.456 e. The first-order valence-electron chi connectivity index (χ1n) is 46.2. The molecule has 0 saturated carbocycles. The molecule has 0 N–H and O–H groups in total. The molecule has 6 heteroatoms. The van der Waals surface area contributed by atoms with Gasteiger partial charge in [-0.1, -0.05) is 310 Å². The number of nitrogens with zero attached hydrogens (tertiary/aromatic N) is 3. The van der Waals surface area contributed by atoms with Crippen molar-refractivity contribution in [3.63, 3.8) is 0 Å². The number of para-hydroxylation sites is 7. The van der Waals surface area contributed by atoms with Gasteiger partial charge in [-0.05, 0) is 256 Å². The summed E-state index contributed by atoms with van der Waals surface area (Å²) in [6.45, 7) is 18.9. The molecule has 6 heterocycles. The molecule has 0 fully saturated rings. The van der Waals surface area contributed by atoms with Gasteiger partial charge in [-0.2, -0.15) is 0 Å². The lowest BCUT2D eigenvalue weighted by atomic mass is 9.81. The van der Waals surface area contributed by atoms with Crippen LogP contribution < -0.4 is 0 Å². The van der Waals surface area contributed by atoms with Crippen LogP contribution in [0.4, 0.5) is 0 Å². The summed E-state index contributed by atoms with van der Waals surface area (Å²) in [6.07, 6.45) is 0. The maximum absolute atomic E-state index is 6.34. The van der Waals surface area contributed by atoms with E-state index in [0.717, 1.165) is 82.6 Å². The molecule has 0 amide bonds. The van der Waals surface area contributed by atoms with E-state index in [1.807, 2.05) is 36.4 Å². The van der Waals surface area contributed by atoms with Crippen LogP contribution in [0, 0.1) is 0 Å².